The van der Waals surface area contributed by atoms with Gasteiger partial charge in [-0.15, -0.1) is 0 Å². The minimum atomic E-state index is -0.0628. The van der Waals surface area contributed by atoms with E-state index in [2.05, 4.69) is 0 Å². The summed E-state index contributed by atoms with van der Waals surface area (Å²) in [5.74, 6) is 0.516. The van der Waals surface area contributed by atoms with E-state index in [1.807, 2.05) is 19.1 Å². The van der Waals surface area contributed by atoms with Crippen molar-refractivity contribution < 1.29 is 9.53 Å². The molecule has 0 radical (unpaired) electrons. The Morgan fingerprint density at radius 3 is 2.56 bits per heavy atom. The maximum absolute atomic E-state index is 12.4. The smallest absolute Gasteiger partial charge is 0.196 e. The molecule has 0 aliphatic rings. The molecule has 0 atom stereocenters. The van der Waals surface area contributed by atoms with Crippen LogP contribution in [-0.2, 0) is 0 Å². The summed E-state index contributed by atoms with van der Waals surface area (Å²) in [6.07, 6.45) is 0. The van der Waals surface area contributed by atoms with Crippen molar-refractivity contribution in [3.05, 3.63) is 64.2 Å². The van der Waals surface area contributed by atoms with Crippen LogP contribution in [0, 0.1) is 6.92 Å². The number of aryl methyl sites for hydroxylation is 1. The maximum atomic E-state index is 12.4. The van der Waals surface area contributed by atoms with Crippen LogP contribution in [0.4, 0.5) is 0 Å². The van der Waals surface area contributed by atoms with Gasteiger partial charge in [0.25, 0.3) is 0 Å². The molecule has 0 N–H and O–H groups in total. The molecule has 0 aromatic heterocycles. The number of carbonyl (C=O) groups is 1. The largest absolute Gasteiger partial charge is 0.496 e. The van der Waals surface area contributed by atoms with Crippen molar-refractivity contribution in [2.24, 2.45) is 0 Å². The fourth-order valence-electron chi connectivity index (χ4n) is 1.77. The molecular formula is C15H13ClO2. The quantitative estimate of drug-likeness (QED) is 0.783. The highest BCUT2D eigenvalue weighted by molar-refractivity contribution is 6.31. The number of hydrogen-bond acceptors (Lipinski definition) is 2. The van der Waals surface area contributed by atoms with E-state index >= 15 is 0 Å². The predicted molar refractivity (Wildman–Crippen MR) is 72.6 cm³/mol. The van der Waals surface area contributed by atoms with Crippen molar-refractivity contribution in [1.29, 1.82) is 0 Å². The number of rotatable bonds is 3. The molecule has 2 aromatic carbocycles. The summed E-state index contributed by atoms with van der Waals surface area (Å²) in [5.41, 5.74) is 2.06. The molecule has 92 valence electrons. The Kier molecular flexibility index (Phi) is 3.68. The molecule has 2 rings (SSSR count). The number of benzene rings is 2. The van der Waals surface area contributed by atoms with Crippen molar-refractivity contribution in [2.45, 2.75) is 6.92 Å². The van der Waals surface area contributed by atoms with Gasteiger partial charge in [-0.25, -0.2) is 0 Å². The Bertz CT molecular complexity index is 591. The van der Waals surface area contributed by atoms with E-state index < -0.39 is 0 Å². The molecular weight excluding hydrogens is 248 g/mol. The molecule has 0 unspecified atom stereocenters. The zero-order chi connectivity index (χ0) is 13.1. The monoisotopic (exact) mass is 260 g/mol. The van der Waals surface area contributed by atoms with E-state index in [0.29, 0.717) is 21.9 Å². The number of methoxy groups -OCH3 is 1. The molecule has 0 aliphatic carbocycles. The fourth-order valence-corrected chi connectivity index (χ4v) is 1.89. The Morgan fingerprint density at radius 2 is 1.89 bits per heavy atom. The normalized spacial score (nSPS) is 10.2. The summed E-state index contributed by atoms with van der Waals surface area (Å²) >= 11 is 5.95. The van der Waals surface area contributed by atoms with Crippen molar-refractivity contribution in [3.63, 3.8) is 0 Å². The van der Waals surface area contributed by atoms with Gasteiger partial charge in [0.1, 0.15) is 5.75 Å². The molecule has 0 amide bonds. The first-order valence-electron chi connectivity index (χ1n) is 5.57. The molecule has 0 saturated heterocycles. The van der Waals surface area contributed by atoms with E-state index in [9.17, 15) is 4.79 Å². The van der Waals surface area contributed by atoms with Crippen molar-refractivity contribution in [1.82, 2.24) is 0 Å². The fraction of sp³-hybridized carbons (Fsp3) is 0.133. The molecule has 3 heteroatoms. The SMILES string of the molecule is COc1ccccc1C(=O)c1ccc(Cl)c(C)c1. The van der Waals surface area contributed by atoms with E-state index in [1.54, 1.807) is 37.4 Å². The van der Waals surface area contributed by atoms with Gasteiger partial charge < -0.3 is 4.74 Å². The van der Waals surface area contributed by atoms with Gasteiger partial charge >= 0.3 is 0 Å². The third kappa shape index (κ3) is 2.39. The summed E-state index contributed by atoms with van der Waals surface area (Å²) in [7, 11) is 1.55. The van der Waals surface area contributed by atoms with Crippen LogP contribution in [0.25, 0.3) is 0 Å². The van der Waals surface area contributed by atoms with Crippen molar-refractivity contribution in [3.8, 4) is 5.75 Å². The molecule has 2 aromatic rings. The molecule has 0 fully saturated rings. The lowest BCUT2D eigenvalue weighted by atomic mass is 10.0. The maximum Gasteiger partial charge on any atom is 0.196 e. The lowest BCUT2D eigenvalue weighted by Crippen LogP contribution is -2.04. The number of carbonyl (C=O) groups excluding carboxylic acids is 1. The van der Waals surface area contributed by atoms with E-state index in [4.69, 9.17) is 16.3 Å². The van der Waals surface area contributed by atoms with Crippen LogP contribution in [0.1, 0.15) is 21.5 Å². The van der Waals surface area contributed by atoms with Crippen molar-refractivity contribution in [2.75, 3.05) is 7.11 Å². The first-order valence-corrected chi connectivity index (χ1v) is 5.95. The molecule has 2 nitrogen and oxygen atoms in total. The molecule has 0 spiro atoms. The van der Waals surface area contributed by atoms with Gasteiger partial charge in [-0.05, 0) is 42.8 Å². The number of ketones is 1. The van der Waals surface area contributed by atoms with Crippen LogP contribution < -0.4 is 4.74 Å². The molecule has 0 aliphatic heterocycles. The van der Waals surface area contributed by atoms with Crippen molar-refractivity contribution >= 4 is 17.4 Å². The number of para-hydroxylation sites is 1. The predicted octanol–water partition coefficient (Wildman–Crippen LogP) is 3.89. The van der Waals surface area contributed by atoms with Crippen LogP contribution in [0.2, 0.25) is 5.02 Å². The average Bonchev–Trinajstić information content (AvgIpc) is 2.41. The number of hydrogen-bond donors (Lipinski definition) is 0. The lowest BCUT2D eigenvalue weighted by molar-refractivity contribution is 0.103. The van der Waals surface area contributed by atoms with Gasteiger partial charge in [-0.1, -0.05) is 23.7 Å². The highest BCUT2D eigenvalue weighted by Gasteiger charge is 2.14. The van der Waals surface area contributed by atoms with Crippen LogP contribution in [0.3, 0.4) is 0 Å². The first-order chi connectivity index (χ1) is 8.63. The van der Waals surface area contributed by atoms with E-state index in [0.717, 1.165) is 5.56 Å². The molecule has 18 heavy (non-hydrogen) atoms. The minimum absolute atomic E-state index is 0.0628. The van der Waals surface area contributed by atoms with Crippen LogP contribution in [0.15, 0.2) is 42.5 Å². The van der Waals surface area contributed by atoms with Gasteiger partial charge in [-0.2, -0.15) is 0 Å². The Hall–Kier alpha value is -1.80. The Balaban J connectivity index is 2.44. The van der Waals surface area contributed by atoms with Crippen LogP contribution in [-0.4, -0.2) is 12.9 Å². The summed E-state index contributed by atoms with van der Waals surface area (Å²) < 4.78 is 5.20. The minimum Gasteiger partial charge on any atom is -0.496 e. The van der Waals surface area contributed by atoms with E-state index in [-0.39, 0.29) is 5.78 Å². The Labute approximate surface area is 111 Å². The standard InChI is InChI=1S/C15H13ClO2/c1-10-9-11(7-8-13(10)16)15(17)12-5-3-4-6-14(12)18-2/h3-9H,1-2H3. The van der Waals surface area contributed by atoms with E-state index in [1.165, 1.54) is 0 Å². The summed E-state index contributed by atoms with van der Waals surface area (Å²) in [6.45, 7) is 1.88. The topological polar surface area (TPSA) is 26.3 Å². The van der Waals surface area contributed by atoms with Gasteiger partial charge in [-0.3, -0.25) is 4.79 Å². The van der Waals surface area contributed by atoms with Gasteiger partial charge in [0.15, 0.2) is 5.78 Å². The van der Waals surface area contributed by atoms with Gasteiger partial charge in [0.2, 0.25) is 0 Å². The second kappa shape index (κ2) is 5.23. The lowest BCUT2D eigenvalue weighted by Gasteiger charge is -2.08. The highest BCUT2D eigenvalue weighted by atomic mass is 35.5. The van der Waals surface area contributed by atoms with Gasteiger partial charge in [0.05, 0.1) is 12.7 Å². The molecule has 0 heterocycles. The van der Waals surface area contributed by atoms with Crippen LogP contribution in [0.5, 0.6) is 5.75 Å². The molecule has 0 saturated carbocycles. The summed E-state index contributed by atoms with van der Waals surface area (Å²) in [6, 6.07) is 12.4. The van der Waals surface area contributed by atoms with Crippen LogP contribution >= 0.6 is 11.6 Å². The van der Waals surface area contributed by atoms with Gasteiger partial charge in [0, 0.05) is 10.6 Å². The Morgan fingerprint density at radius 1 is 1.17 bits per heavy atom. The zero-order valence-electron chi connectivity index (χ0n) is 10.2. The summed E-state index contributed by atoms with van der Waals surface area (Å²) in [4.78, 5) is 12.4. The average molecular weight is 261 g/mol. The second-order valence-electron chi connectivity index (χ2n) is 3.99. The molecule has 0 bridgehead atoms. The number of halogens is 1. The zero-order valence-corrected chi connectivity index (χ0v) is 11.0. The third-order valence-electron chi connectivity index (χ3n) is 2.77. The summed E-state index contributed by atoms with van der Waals surface area (Å²) in [5, 5.41) is 0.659. The first kappa shape index (κ1) is 12.7. The third-order valence-corrected chi connectivity index (χ3v) is 3.20. The second-order valence-corrected chi connectivity index (χ2v) is 4.40. The highest BCUT2D eigenvalue weighted by Crippen LogP contribution is 2.23. The number of ether oxygens (including phenoxy) is 1.